The predicted molar refractivity (Wildman–Crippen MR) is 46.2 cm³/mol. The van der Waals surface area contributed by atoms with Gasteiger partial charge in [-0.1, -0.05) is 13.8 Å². The van der Waals surface area contributed by atoms with Gasteiger partial charge in [0.25, 0.3) is 0 Å². The Labute approximate surface area is 102 Å². The van der Waals surface area contributed by atoms with Gasteiger partial charge in [0.2, 0.25) is 0 Å². The molecule has 13 heavy (non-hydrogen) atoms. The van der Waals surface area contributed by atoms with Gasteiger partial charge in [-0.05, 0) is 26.2 Å². The van der Waals surface area contributed by atoms with Gasteiger partial charge in [-0.25, -0.2) is 4.18 Å². The van der Waals surface area contributed by atoms with Crippen LogP contribution in [0, 0.1) is 5.92 Å². The fourth-order valence-corrected chi connectivity index (χ4v) is 1.94. The maximum atomic E-state index is 10.4. The molecule has 0 atom stereocenters. The maximum Gasteiger partial charge on any atom is 1.00 e. The van der Waals surface area contributed by atoms with Crippen molar-refractivity contribution in [1.82, 2.24) is 0 Å². The third kappa shape index (κ3) is 10.8. The normalized spacial score (nSPS) is 12.8. The van der Waals surface area contributed by atoms with Gasteiger partial charge in [0, 0.05) is 0 Å². The van der Waals surface area contributed by atoms with Crippen LogP contribution in [0.4, 0.5) is 0 Å². The van der Waals surface area contributed by atoms with Crippen LogP contribution in [-0.2, 0) is 14.6 Å². The van der Waals surface area contributed by atoms with Gasteiger partial charge >= 0.3 is 40.0 Å². The summed E-state index contributed by atoms with van der Waals surface area (Å²) < 4.78 is 33.6. The number of rotatable bonds is 4. The molecule has 0 unspecified atom stereocenters. The molecule has 0 aliphatic carbocycles. The van der Waals surface area contributed by atoms with Gasteiger partial charge in [-0.15, -0.1) is 0 Å². The van der Waals surface area contributed by atoms with Crippen molar-refractivity contribution < 1.29 is 46.7 Å². The summed E-state index contributed by atoms with van der Waals surface area (Å²) in [5.41, 5.74) is -0.832. The van der Waals surface area contributed by atoms with Crippen molar-refractivity contribution in [2.45, 2.75) is 39.7 Å². The van der Waals surface area contributed by atoms with Crippen molar-refractivity contribution in [3.05, 3.63) is 0 Å². The van der Waals surface area contributed by atoms with Gasteiger partial charge in [0.05, 0.1) is 5.60 Å². The third-order valence-electron chi connectivity index (χ3n) is 1.23. The van der Waals surface area contributed by atoms with Crippen molar-refractivity contribution in [2.24, 2.45) is 5.92 Å². The van der Waals surface area contributed by atoms with E-state index in [-0.39, 0.29) is 29.6 Å². The quantitative estimate of drug-likeness (QED) is 0.468. The Kier molecular flexibility index (Phi) is 7.12. The second-order valence-corrected chi connectivity index (χ2v) is 4.89. The summed E-state index contributed by atoms with van der Waals surface area (Å²) in [5.74, 6) is 0.321. The van der Waals surface area contributed by atoms with Gasteiger partial charge < -0.3 is 0 Å². The first-order chi connectivity index (χ1) is 5.12. The standard InChI is InChI=1S/C7H16O4S.Na/c1-6(2)5-7(3,4)11-12(8,9)10;/h6H,5H2,1-4H3,(H,8,9,10);/q;+1. The molecule has 0 rings (SSSR count). The molecule has 74 valence electrons. The molecule has 0 aromatic rings. The monoisotopic (exact) mass is 219 g/mol. The van der Waals surface area contributed by atoms with E-state index in [2.05, 4.69) is 4.18 Å². The first-order valence-electron chi connectivity index (χ1n) is 3.80. The first-order valence-corrected chi connectivity index (χ1v) is 5.17. The van der Waals surface area contributed by atoms with E-state index in [9.17, 15) is 8.42 Å². The molecule has 0 heterocycles. The molecule has 0 aliphatic heterocycles. The molecule has 0 spiro atoms. The second kappa shape index (κ2) is 5.68. The van der Waals surface area contributed by atoms with Crippen LogP contribution in [-0.4, -0.2) is 18.6 Å². The molecular formula is C7H16NaO4S+. The topological polar surface area (TPSA) is 63.6 Å². The number of hydrogen-bond acceptors (Lipinski definition) is 3. The fraction of sp³-hybridized carbons (Fsp3) is 1.00. The van der Waals surface area contributed by atoms with E-state index in [4.69, 9.17) is 4.55 Å². The Morgan fingerprint density at radius 2 is 1.77 bits per heavy atom. The van der Waals surface area contributed by atoms with E-state index in [1.165, 1.54) is 0 Å². The van der Waals surface area contributed by atoms with E-state index >= 15 is 0 Å². The Morgan fingerprint density at radius 1 is 1.38 bits per heavy atom. The predicted octanol–water partition coefficient (Wildman–Crippen LogP) is -1.37. The van der Waals surface area contributed by atoms with Crippen LogP contribution >= 0.6 is 0 Å². The zero-order valence-corrected chi connectivity index (χ0v) is 11.7. The van der Waals surface area contributed by atoms with Crippen LogP contribution in [0.2, 0.25) is 0 Å². The molecule has 0 amide bonds. The molecule has 0 aromatic carbocycles. The van der Waals surface area contributed by atoms with Crippen LogP contribution in [0.1, 0.15) is 34.1 Å². The van der Waals surface area contributed by atoms with Crippen molar-refractivity contribution in [1.29, 1.82) is 0 Å². The second-order valence-electron chi connectivity index (χ2n) is 3.87. The zero-order chi connectivity index (χ0) is 9.99. The average Bonchev–Trinajstić information content (AvgIpc) is 1.48. The van der Waals surface area contributed by atoms with Crippen LogP contribution in [0.3, 0.4) is 0 Å². The van der Waals surface area contributed by atoms with Crippen molar-refractivity contribution in [3.63, 3.8) is 0 Å². The third-order valence-corrected chi connectivity index (χ3v) is 1.89. The summed E-state index contributed by atoms with van der Waals surface area (Å²) in [4.78, 5) is 0. The van der Waals surface area contributed by atoms with Gasteiger partial charge in [-0.2, -0.15) is 8.42 Å². The van der Waals surface area contributed by atoms with E-state index in [1.54, 1.807) is 13.8 Å². The Hall–Kier alpha value is 0.870. The minimum Gasteiger partial charge on any atom is -0.264 e. The Bertz CT molecular complexity index is 233. The summed E-state index contributed by atoms with van der Waals surface area (Å²) >= 11 is 0. The van der Waals surface area contributed by atoms with Crippen molar-refractivity contribution >= 4 is 10.4 Å². The molecule has 0 radical (unpaired) electrons. The zero-order valence-electron chi connectivity index (χ0n) is 8.86. The molecule has 1 N–H and O–H groups in total. The number of hydrogen-bond donors (Lipinski definition) is 1. The minimum absolute atomic E-state index is 0. The molecule has 0 bridgehead atoms. The smallest absolute Gasteiger partial charge is 0.264 e. The Balaban J connectivity index is 0. The summed E-state index contributed by atoms with van der Waals surface area (Å²) in [6.07, 6.45) is 0.576. The van der Waals surface area contributed by atoms with Crippen LogP contribution in [0.25, 0.3) is 0 Å². The summed E-state index contributed by atoms with van der Waals surface area (Å²) in [5, 5.41) is 0. The van der Waals surface area contributed by atoms with Crippen LogP contribution < -0.4 is 29.6 Å². The molecular weight excluding hydrogens is 203 g/mol. The van der Waals surface area contributed by atoms with E-state index in [0.29, 0.717) is 12.3 Å². The van der Waals surface area contributed by atoms with E-state index in [1.807, 2.05) is 13.8 Å². The summed E-state index contributed by atoms with van der Waals surface area (Å²) in [6, 6.07) is 0. The van der Waals surface area contributed by atoms with Crippen molar-refractivity contribution in [3.8, 4) is 0 Å². The molecule has 4 nitrogen and oxygen atoms in total. The summed E-state index contributed by atoms with van der Waals surface area (Å²) in [7, 11) is -4.33. The molecule has 0 aromatic heterocycles. The van der Waals surface area contributed by atoms with E-state index < -0.39 is 16.0 Å². The first kappa shape index (κ1) is 16.3. The molecule has 0 aliphatic rings. The molecule has 0 saturated carbocycles. The molecule has 6 heteroatoms. The van der Waals surface area contributed by atoms with Gasteiger partial charge in [0.1, 0.15) is 0 Å². The van der Waals surface area contributed by atoms with Crippen LogP contribution in [0.5, 0.6) is 0 Å². The average molecular weight is 219 g/mol. The van der Waals surface area contributed by atoms with Gasteiger partial charge in [-0.3, -0.25) is 4.55 Å². The summed E-state index contributed by atoms with van der Waals surface area (Å²) in [6.45, 7) is 7.16. The van der Waals surface area contributed by atoms with Gasteiger partial charge in [0.15, 0.2) is 0 Å². The Morgan fingerprint density at radius 3 is 2.00 bits per heavy atom. The minimum atomic E-state index is -4.33. The largest absolute Gasteiger partial charge is 1.00 e. The van der Waals surface area contributed by atoms with Crippen molar-refractivity contribution in [2.75, 3.05) is 0 Å². The SMILES string of the molecule is CC(C)CC(C)(C)OS(=O)(=O)O.[Na+]. The molecule has 0 fully saturated rings. The van der Waals surface area contributed by atoms with E-state index in [0.717, 1.165) is 0 Å². The fourth-order valence-electron chi connectivity index (χ4n) is 1.30. The van der Waals surface area contributed by atoms with Crippen LogP contribution in [0.15, 0.2) is 0 Å². The molecule has 0 saturated heterocycles. The maximum absolute atomic E-state index is 10.4.